The van der Waals surface area contributed by atoms with Crippen LogP contribution in [0.4, 0.5) is 0 Å². The highest BCUT2D eigenvalue weighted by atomic mass is 28.4. The van der Waals surface area contributed by atoms with Gasteiger partial charge in [0, 0.05) is 0 Å². The molecule has 0 radical (unpaired) electrons. The lowest BCUT2D eigenvalue weighted by atomic mass is 10.1. The molecule has 0 aromatic rings. The van der Waals surface area contributed by atoms with Gasteiger partial charge in [-0.05, 0) is 38.9 Å². The molecule has 0 aliphatic carbocycles. The second kappa shape index (κ2) is 7.59. The van der Waals surface area contributed by atoms with Gasteiger partial charge in [0.25, 0.3) is 0 Å². The molecule has 22 heavy (non-hydrogen) atoms. The van der Waals surface area contributed by atoms with Gasteiger partial charge in [-0.2, -0.15) is 0 Å². The predicted octanol–water partition coefficient (Wildman–Crippen LogP) is 3.67. The van der Waals surface area contributed by atoms with E-state index in [4.69, 9.17) is 13.9 Å². The minimum Gasteiger partial charge on any atom is -0.469 e. The molecule has 0 saturated heterocycles. The van der Waals surface area contributed by atoms with Gasteiger partial charge in [-0.15, -0.1) is 0 Å². The Morgan fingerprint density at radius 1 is 0.955 bits per heavy atom. The van der Waals surface area contributed by atoms with Crippen LogP contribution in [0.5, 0.6) is 0 Å². The predicted molar refractivity (Wildman–Crippen MR) is 89.2 cm³/mol. The van der Waals surface area contributed by atoms with Gasteiger partial charge in [0.15, 0.2) is 8.32 Å². The van der Waals surface area contributed by atoms with Crippen LogP contribution in [-0.2, 0) is 23.5 Å². The minimum absolute atomic E-state index is 0.00466. The fraction of sp³-hybridized carbons (Fsp3) is 0.875. The molecule has 1 atom stereocenters. The summed E-state index contributed by atoms with van der Waals surface area (Å²) in [4.78, 5) is 23.6. The average Bonchev–Trinajstić information content (AvgIpc) is 2.23. The van der Waals surface area contributed by atoms with E-state index in [0.717, 1.165) is 0 Å². The molecule has 5 nitrogen and oxygen atoms in total. The van der Waals surface area contributed by atoms with Crippen molar-refractivity contribution in [3.63, 3.8) is 0 Å². The summed E-state index contributed by atoms with van der Waals surface area (Å²) >= 11 is 0. The van der Waals surface area contributed by atoms with Crippen LogP contribution in [0.3, 0.4) is 0 Å². The van der Waals surface area contributed by atoms with Gasteiger partial charge in [0.1, 0.15) is 5.60 Å². The summed E-state index contributed by atoms with van der Waals surface area (Å²) in [7, 11) is -0.756. The number of hydrogen-bond acceptors (Lipinski definition) is 5. The Morgan fingerprint density at radius 3 is 1.77 bits per heavy atom. The first-order chi connectivity index (χ1) is 9.68. The minimum atomic E-state index is -2.09. The van der Waals surface area contributed by atoms with Crippen LogP contribution in [0.15, 0.2) is 0 Å². The zero-order valence-corrected chi connectivity index (χ0v) is 16.5. The Kier molecular flexibility index (Phi) is 7.29. The second-order valence-corrected chi connectivity index (χ2v) is 12.8. The Hall–Kier alpha value is -0.883. The lowest BCUT2D eigenvalue weighted by Crippen LogP contribution is -2.45. The second-order valence-electron chi connectivity index (χ2n) is 8.07. The van der Waals surface area contributed by atoms with Crippen LogP contribution in [-0.4, -0.2) is 39.1 Å². The van der Waals surface area contributed by atoms with Gasteiger partial charge < -0.3 is 13.9 Å². The van der Waals surface area contributed by atoms with Crippen LogP contribution in [0, 0.1) is 0 Å². The molecule has 0 heterocycles. The summed E-state index contributed by atoms with van der Waals surface area (Å²) in [6.45, 7) is 16.0. The fourth-order valence-electron chi connectivity index (χ4n) is 1.59. The van der Waals surface area contributed by atoms with Crippen LogP contribution < -0.4 is 0 Å². The zero-order chi connectivity index (χ0) is 17.8. The average molecular weight is 333 g/mol. The topological polar surface area (TPSA) is 61.8 Å². The standard InChI is InChI=1S/C16H32O5Si/c1-15(2,3)20-14(18)11-12(10-13(17)19-7)21-22(8,9)16(4,5)6/h12H,10-11H2,1-9H3. The fourth-order valence-corrected chi connectivity index (χ4v) is 2.94. The molecule has 0 fully saturated rings. The van der Waals surface area contributed by atoms with Crippen molar-refractivity contribution in [3.05, 3.63) is 0 Å². The summed E-state index contributed by atoms with van der Waals surface area (Å²) < 4.78 is 16.2. The van der Waals surface area contributed by atoms with Gasteiger partial charge >= 0.3 is 11.9 Å². The summed E-state index contributed by atoms with van der Waals surface area (Å²) in [5.74, 6) is -0.743. The van der Waals surface area contributed by atoms with E-state index in [1.54, 1.807) is 0 Å². The van der Waals surface area contributed by atoms with Crippen LogP contribution >= 0.6 is 0 Å². The molecule has 130 valence electrons. The lowest BCUT2D eigenvalue weighted by Gasteiger charge is -2.39. The molecule has 1 unspecified atom stereocenters. The van der Waals surface area contributed by atoms with Crippen LogP contribution in [0.25, 0.3) is 0 Å². The van der Waals surface area contributed by atoms with Gasteiger partial charge in [-0.1, -0.05) is 20.8 Å². The smallest absolute Gasteiger partial charge is 0.308 e. The Labute approximate surface area is 135 Å². The molecule has 0 rings (SSSR count). The van der Waals surface area contributed by atoms with Gasteiger partial charge in [-0.3, -0.25) is 9.59 Å². The molecule has 0 bridgehead atoms. The molecule has 0 amide bonds. The van der Waals surface area contributed by atoms with Crippen molar-refractivity contribution >= 4 is 20.3 Å². The van der Waals surface area contributed by atoms with E-state index in [2.05, 4.69) is 33.9 Å². The monoisotopic (exact) mass is 332 g/mol. The van der Waals surface area contributed by atoms with E-state index in [1.807, 2.05) is 20.8 Å². The van der Waals surface area contributed by atoms with Crippen molar-refractivity contribution in [2.45, 2.75) is 84.2 Å². The molecular formula is C16H32O5Si. The summed E-state index contributed by atoms with van der Waals surface area (Å²) in [5, 5.41) is -0.00466. The summed E-state index contributed by atoms with van der Waals surface area (Å²) in [5.41, 5.74) is -0.552. The number of ether oxygens (including phenoxy) is 2. The molecule has 6 heteroatoms. The maximum atomic E-state index is 12.0. The highest BCUT2D eigenvalue weighted by Gasteiger charge is 2.40. The van der Waals surface area contributed by atoms with Gasteiger partial charge in [0.05, 0.1) is 26.1 Å². The highest BCUT2D eigenvalue weighted by molar-refractivity contribution is 6.74. The lowest BCUT2D eigenvalue weighted by molar-refractivity contribution is -0.157. The van der Waals surface area contributed by atoms with Crippen molar-refractivity contribution < 1.29 is 23.5 Å². The molecule has 0 spiro atoms. The maximum absolute atomic E-state index is 12.0. The molecule has 0 N–H and O–H groups in total. The maximum Gasteiger partial charge on any atom is 0.308 e. The molecule has 0 aliphatic rings. The third kappa shape index (κ3) is 7.94. The number of carbonyl (C=O) groups is 2. The molecular weight excluding hydrogens is 300 g/mol. The number of esters is 2. The first-order valence-electron chi connectivity index (χ1n) is 7.64. The van der Waals surface area contributed by atoms with E-state index in [-0.39, 0.29) is 29.8 Å². The SMILES string of the molecule is COC(=O)CC(CC(=O)OC(C)(C)C)O[Si](C)(C)C(C)(C)C. The van der Waals surface area contributed by atoms with Crippen LogP contribution in [0.2, 0.25) is 18.1 Å². The normalized spacial score (nSPS) is 14.4. The van der Waals surface area contributed by atoms with Gasteiger partial charge in [-0.25, -0.2) is 0 Å². The number of hydrogen-bond donors (Lipinski definition) is 0. The van der Waals surface area contributed by atoms with E-state index in [9.17, 15) is 9.59 Å². The molecule has 0 aromatic heterocycles. The van der Waals surface area contributed by atoms with Crippen LogP contribution in [0.1, 0.15) is 54.4 Å². The van der Waals surface area contributed by atoms with Gasteiger partial charge in [0.2, 0.25) is 0 Å². The Bertz CT molecular complexity index is 390. The van der Waals surface area contributed by atoms with Crippen molar-refractivity contribution in [1.82, 2.24) is 0 Å². The van der Waals surface area contributed by atoms with Crippen molar-refractivity contribution in [3.8, 4) is 0 Å². The number of rotatable bonds is 6. The van der Waals surface area contributed by atoms with E-state index >= 15 is 0 Å². The zero-order valence-electron chi connectivity index (χ0n) is 15.5. The molecule has 0 aliphatic heterocycles. The summed E-state index contributed by atoms with van der Waals surface area (Å²) in [6.07, 6.45) is -0.399. The Morgan fingerprint density at radius 2 is 1.41 bits per heavy atom. The van der Waals surface area contributed by atoms with E-state index < -0.39 is 20.0 Å². The van der Waals surface area contributed by atoms with Crippen molar-refractivity contribution in [2.24, 2.45) is 0 Å². The third-order valence-corrected chi connectivity index (χ3v) is 8.24. The number of methoxy groups -OCH3 is 1. The van der Waals surface area contributed by atoms with Crippen molar-refractivity contribution in [1.29, 1.82) is 0 Å². The van der Waals surface area contributed by atoms with E-state index in [0.29, 0.717) is 0 Å². The highest BCUT2D eigenvalue weighted by Crippen LogP contribution is 2.38. The third-order valence-electron chi connectivity index (χ3n) is 3.70. The largest absolute Gasteiger partial charge is 0.469 e. The Balaban J connectivity index is 4.99. The number of carbonyl (C=O) groups excluding carboxylic acids is 2. The first-order valence-corrected chi connectivity index (χ1v) is 10.6. The van der Waals surface area contributed by atoms with E-state index in [1.165, 1.54) is 7.11 Å². The molecule has 0 aromatic carbocycles. The first kappa shape index (κ1) is 21.1. The molecule has 0 saturated carbocycles. The quantitative estimate of drug-likeness (QED) is 0.548. The summed E-state index contributed by atoms with van der Waals surface area (Å²) in [6, 6.07) is 0. The van der Waals surface area contributed by atoms with Crippen molar-refractivity contribution in [2.75, 3.05) is 7.11 Å².